The predicted octanol–water partition coefficient (Wildman–Crippen LogP) is 1.41. The zero-order chi connectivity index (χ0) is 18.9. The van der Waals surface area contributed by atoms with Crippen LogP contribution in [-0.4, -0.2) is 60.3 Å². The molecule has 1 amide bonds. The first kappa shape index (κ1) is 18.8. The summed E-state index contributed by atoms with van der Waals surface area (Å²) in [6, 6.07) is 7.87. The fourth-order valence-electron chi connectivity index (χ4n) is 3.92. The molecule has 2 aliphatic heterocycles. The summed E-state index contributed by atoms with van der Waals surface area (Å²) < 4.78 is 27.0. The van der Waals surface area contributed by atoms with Gasteiger partial charge in [0.25, 0.3) is 0 Å². The first-order valence-electron chi connectivity index (χ1n) is 8.91. The molecule has 0 bridgehead atoms. The van der Waals surface area contributed by atoms with E-state index >= 15 is 0 Å². The number of carbonyl (C=O) groups is 2. The van der Waals surface area contributed by atoms with E-state index in [9.17, 15) is 23.1 Å². The van der Waals surface area contributed by atoms with Gasteiger partial charge in [0.1, 0.15) is 0 Å². The number of amides is 1. The third kappa shape index (κ3) is 3.48. The van der Waals surface area contributed by atoms with Crippen molar-refractivity contribution in [2.24, 2.45) is 11.8 Å². The highest BCUT2D eigenvalue weighted by Gasteiger charge is 2.42. The number of piperidine rings is 1. The van der Waals surface area contributed by atoms with Crippen LogP contribution in [0.5, 0.6) is 0 Å². The molecule has 2 saturated heterocycles. The van der Waals surface area contributed by atoms with Crippen LogP contribution in [0.1, 0.15) is 26.2 Å². The van der Waals surface area contributed by atoms with E-state index in [4.69, 9.17) is 0 Å². The van der Waals surface area contributed by atoms with Gasteiger partial charge in [-0.1, -0.05) is 18.2 Å². The molecule has 0 spiro atoms. The minimum atomic E-state index is -3.62. The van der Waals surface area contributed by atoms with Gasteiger partial charge >= 0.3 is 5.97 Å². The van der Waals surface area contributed by atoms with Gasteiger partial charge in [-0.05, 0) is 38.3 Å². The van der Waals surface area contributed by atoms with Crippen LogP contribution in [0, 0.1) is 11.8 Å². The maximum Gasteiger partial charge on any atom is 0.308 e. The van der Waals surface area contributed by atoms with Gasteiger partial charge in [-0.3, -0.25) is 9.59 Å². The number of carbonyl (C=O) groups excluding carboxylic acids is 1. The molecule has 3 unspecified atom stereocenters. The van der Waals surface area contributed by atoms with E-state index < -0.39 is 27.8 Å². The predicted molar refractivity (Wildman–Crippen MR) is 94.8 cm³/mol. The molecule has 7 nitrogen and oxygen atoms in total. The minimum absolute atomic E-state index is 0.130. The van der Waals surface area contributed by atoms with E-state index in [1.165, 1.54) is 4.31 Å². The Kier molecular flexibility index (Phi) is 5.34. The number of likely N-dealkylation sites (tertiary alicyclic amines) is 1. The van der Waals surface area contributed by atoms with Crippen LogP contribution in [-0.2, 0) is 19.6 Å². The van der Waals surface area contributed by atoms with E-state index in [0.717, 1.165) is 0 Å². The van der Waals surface area contributed by atoms with Crippen molar-refractivity contribution in [2.45, 2.75) is 37.1 Å². The van der Waals surface area contributed by atoms with Crippen molar-refractivity contribution in [3.8, 4) is 0 Å². The molecule has 1 aromatic rings. The summed E-state index contributed by atoms with van der Waals surface area (Å²) in [5.74, 6) is -1.98. The number of carboxylic acids is 1. The lowest BCUT2D eigenvalue weighted by molar-refractivity contribution is -0.143. The Balaban J connectivity index is 1.73. The van der Waals surface area contributed by atoms with Crippen molar-refractivity contribution in [2.75, 3.05) is 19.6 Å². The summed E-state index contributed by atoms with van der Waals surface area (Å²) in [7, 11) is -3.62. The Bertz CT molecular complexity index is 780. The lowest BCUT2D eigenvalue weighted by atomic mass is 9.97. The number of hydrogen-bond donors (Lipinski definition) is 1. The standard InChI is InChI=1S/C18H24N2O5S/c1-13-16(18(22)23)9-11-20(13)17(21)14-6-5-10-19(12-14)26(24,25)15-7-3-2-4-8-15/h2-4,7-8,13-14,16H,5-6,9-12H2,1H3,(H,22,23). The fourth-order valence-corrected chi connectivity index (χ4v) is 5.46. The molecule has 0 saturated carbocycles. The highest BCUT2D eigenvalue weighted by molar-refractivity contribution is 7.89. The van der Waals surface area contributed by atoms with Crippen molar-refractivity contribution in [1.29, 1.82) is 0 Å². The molecule has 2 aliphatic rings. The van der Waals surface area contributed by atoms with E-state index in [2.05, 4.69) is 0 Å². The van der Waals surface area contributed by atoms with Crippen LogP contribution in [0.4, 0.5) is 0 Å². The highest BCUT2D eigenvalue weighted by atomic mass is 32.2. The monoisotopic (exact) mass is 380 g/mol. The van der Waals surface area contributed by atoms with Crippen molar-refractivity contribution >= 4 is 21.9 Å². The molecule has 2 fully saturated rings. The topological polar surface area (TPSA) is 95.0 Å². The molecule has 0 radical (unpaired) electrons. The molecule has 8 heteroatoms. The highest BCUT2D eigenvalue weighted by Crippen LogP contribution is 2.30. The normalized spacial score (nSPS) is 27.4. The molecule has 2 heterocycles. The minimum Gasteiger partial charge on any atom is -0.481 e. The van der Waals surface area contributed by atoms with Gasteiger partial charge in [0.05, 0.1) is 16.7 Å². The van der Waals surface area contributed by atoms with Crippen LogP contribution in [0.3, 0.4) is 0 Å². The van der Waals surface area contributed by atoms with Crippen molar-refractivity contribution < 1.29 is 23.1 Å². The first-order chi connectivity index (χ1) is 12.3. The van der Waals surface area contributed by atoms with E-state index in [0.29, 0.717) is 32.4 Å². The van der Waals surface area contributed by atoms with Gasteiger partial charge in [-0.2, -0.15) is 4.31 Å². The maximum absolute atomic E-state index is 12.9. The van der Waals surface area contributed by atoms with Crippen molar-refractivity contribution in [3.63, 3.8) is 0 Å². The lowest BCUT2D eigenvalue weighted by Gasteiger charge is -2.34. The summed E-state index contributed by atoms with van der Waals surface area (Å²) in [4.78, 5) is 26.0. The summed E-state index contributed by atoms with van der Waals surface area (Å²) in [6.45, 7) is 2.72. The third-order valence-corrected chi connectivity index (χ3v) is 7.35. The number of benzene rings is 1. The molecule has 3 rings (SSSR count). The average Bonchev–Trinajstić information content (AvgIpc) is 3.03. The molecule has 1 aromatic carbocycles. The molecule has 3 atom stereocenters. The molecule has 142 valence electrons. The number of rotatable bonds is 4. The summed E-state index contributed by atoms with van der Waals surface area (Å²) in [5, 5.41) is 9.24. The summed E-state index contributed by atoms with van der Waals surface area (Å²) >= 11 is 0. The molecular formula is C18H24N2O5S. The molecule has 26 heavy (non-hydrogen) atoms. The van der Waals surface area contributed by atoms with Gasteiger partial charge in [0.15, 0.2) is 0 Å². The van der Waals surface area contributed by atoms with Gasteiger partial charge < -0.3 is 10.0 Å². The van der Waals surface area contributed by atoms with Crippen LogP contribution < -0.4 is 0 Å². The molecule has 0 aliphatic carbocycles. The quantitative estimate of drug-likeness (QED) is 0.852. The second kappa shape index (κ2) is 7.36. The van der Waals surface area contributed by atoms with E-state index in [1.807, 2.05) is 0 Å². The number of carboxylic acid groups (broad SMARTS) is 1. The Hall–Kier alpha value is -1.93. The Morgan fingerprint density at radius 1 is 1.12 bits per heavy atom. The second-order valence-corrected chi connectivity index (χ2v) is 8.96. The van der Waals surface area contributed by atoms with Crippen LogP contribution in [0.2, 0.25) is 0 Å². The smallest absolute Gasteiger partial charge is 0.308 e. The zero-order valence-electron chi connectivity index (χ0n) is 14.7. The number of aliphatic carboxylic acids is 1. The van der Waals surface area contributed by atoms with Crippen LogP contribution in [0.25, 0.3) is 0 Å². The Morgan fingerprint density at radius 2 is 1.81 bits per heavy atom. The number of nitrogens with zero attached hydrogens (tertiary/aromatic N) is 2. The average molecular weight is 380 g/mol. The largest absolute Gasteiger partial charge is 0.481 e. The van der Waals surface area contributed by atoms with Crippen molar-refractivity contribution in [1.82, 2.24) is 9.21 Å². The molecular weight excluding hydrogens is 356 g/mol. The van der Waals surface area contributed by atoms with Crippen LogP contribution in [0.15, 0.2) is 35.2 Å². The Morgan fingerprint density at radius 3 is 2.42 bits per heavy atom. The SMILES string of the molecule is CC1C(C(=O)O)CCN1C(=O)C1CCCN(S(=O)(=O)c2ccccc2)C1. The van der Waals surface area contributed by atoms with Gasteiger partial charge in [0, 0.05) is 25.7 Å². The summed E-state index contributed by atoms with van der Waals surface area (Å²) in [6.07, 6.45) is 1.69. The second-order valence-electron chi connectivity index (χ2n) is 7.02. The van der Waals surface area contributed by atoms with Crippen LogP contribution >= 0.6 is 0 Å². The van der Waals surface area contributed by atoms with Gasteiger partial charge in [-0.25, -0.2) is 8.42 Å². The fraction of sp³-hybridized carbons (Fsp3) is 0.556. The Labute approximate surface area is 153 Å². The number of hydrogen-bond acceptors (Lipinski definition) is 4. The molecule has 0 aromatic heterocycles. The zero-order valence-corrected chi connectivity index (χ0v) is 15.6. The third-order valence-electron chi connectivity index (χ3n) is 5.47. The lowest BCUT2D eigenvalue weighted by Crippen LogP contribution is -2.48. The van der Waals surface area contributed by atoms with Crippen molar-refractivity contribution in [3.05, 3.63) is 30.3 Å². The summed E-state index contributed by atoms with van der Waals surface area (Å²) in [5.41, 5.74) is 0. The van der Waals surface area contributed by atoms with E-state index in [-0.39, 0.29) is 23.4 Å². The molecule has 1 N–H and O–H groups in total. The van der Waals surface area contributed by atoms with Gasteiger partial charge in [-0.15, -0.1) is 0 Å². The van der Waals surface area contributed by atoms with Gasteiger partial charge in [0.2, 0.25) is 15.9 Å². The first-order valence-corrected chi connectivity index (χ1v) is 10.3. The van der Waals surface area contributed by atoms with E-state index in [1.54, 1.807) is 42.2 Å². The maximum atomic E-state index is 12.9. The number of sulfonamides is 1.